The molecule has 0 radical (unpaired) electrons. The zero-order chi connectivity index (χ0) is 17.1. The van der Waals surface area contributed by atoms with E-state index in [1.165, 1.54) is 6.33 Å². The first-order chi connectivity index (χ1) is 11.4. The fourth-order valence-electron chi connectivity index (χ4n) is 3.48. The van der Waals surface area contributed by atoms with Gasteiger partial charge in [-0.2, -0.15) is 0 Å². The molecule has 7 nitrogen and oxygen atoms in total. The lowest BCUT2D eigenvalue weighted by Crippen LogP contribution is -2.37. The first kappa shape index (κ1) is 15.5. The lowest BCUT2D eigenvalue weighted by molar-refractivity contribution is -0.203. The normalized spacial score (nSPS) is 32.6. The van der Waals surface area contributed by atoms with Gasteiger partial charge in [0.1, 0.15) is 36.4 Å². The van der Waals surface area contributed by atoms with Crippen molar-refractivity contribution in [3.05, 3.63) is 24.3 Å². The van der Waals surface area contributed by atoms with Gasteiger partial charge in [-0.3, -0.25) is 0 Å². The van der Waals surface area contributed by atoms with Crippen molar-refractivity contribution in [3.63, 3.8) is 0 Å². The molecule has 0 amide bonds. The van der Waals surface area contributed by atoms with Crippen molar-refractivity contribution in [1.82, 2.24) is 14.5 Å². The van der Waals surface area contributed by atoms with Crippen LogP contribution in [0.4, 0.5) is 0 Å². The summed E-state index contributed by atoms with van der Waals surface area (Å²) in [5.74, 6) is 1.55. The molecule has 4 heterocycles. The summed E-state index contributed by atoms with van der Waals surface area (Å²) >= 11 is 0. The van der Waals surface area contributed by atoms with Crippen LogP contribution in [-0.2, 0) is 14.2 Å². The zero-order valence-corrected chi connectivity index (χ0v) is 13.7. The monoisotopic (exact) mass is 329 g/mol. The van der Waals surface area contributed by atoms with Crippen LogP contribution in [0.5, 0.6) is 0 Å². The summed E-state index contributed by atoms with van der Waals surface area (Å²) < 4.78 is 19.9. The number of rotatable bonds is 2. The highest BCUT2D eigenvalue weighted by molar-refractivity contribution is 5.78. The third-order valence-electron chi connectivity index (χ3n) is 4.53. The van der Waals surface area contributed by atoms with Crippen molar-refractivity contribution < 1.29 is 19.3 Å². The number of aliphatic hydroxyl groups is 1. The van der Waals surface area contributed by atoms with Gasteiger partial charge in [-0.25, -0.2) is 9.97 Å². The number of ether oxygens (including phenoxy) is 3. The van der Waals surface area contributed by atoms with Gasteiger partial charge in [-0.05, 0) is 26.8 Å². The van der Waals surface area contributed by atoms with Gasteiger partial charge >= 0.3 is 0 Å². The Morgan fingerprint density at radius 3 is 2.83 bits per heavy atom. The van der Waals surface area contributed by atoms with Gasteiger partial charge in [0, 0.05) is 11.6 Å². The van der Waals surface area contributed by atoms with E-state index in [-0.39, 0.29) is 6.10 Å². The second-order valence-corrected chi connectivity index (χ2v) is 6.59. The molecule has 2 aliphatic heterocycles. The van der Waals surface area contributed by atoms with Crippen LogP contribution in [-0.4, -0.2) is 49.8 Å². The SMILES string of the molecule is C#CC(O)[C@@H]1O[C@@H](n2ccc3c(C)ncnc32)[C@@H]2OC(C)(C)O[C@@H]21. The maximum atomic E-state index is 10.1. The van der Waals surface area contributed by atoms with Crippen LogP contribution >= 0.6 is 0 Å². The highest BCUT2D eigenvalue weighted by Gasteiger charge is 2.57. The molecule has 5 atom stereocenters. The lowest BCUT2D eigenvalue weighted by Gasteiger charge is -2.25. The average molecular weight is 329 g/mol. The molecule has 1 N–H and O–H groups in total. The Kier molecular flexibility index (Phi) is 3.41. The number of aromatic nitrogens is 3. The topological polar surface area (TPSA) is 78.6 Å². The van der Waals surface area contributed by atoms with E-state index in [0.717, 1.165) is 16.7 Å². The Morgan fingerprint density at radius 2 is 2.08 bits per heavy atom. The molecule has 1 unspecified atom stereocenters. The lowest BCUT2D eigenvalue weighted by atomic mass is 10.1. The van der Waals surface area contributed by atoms with E-state index in [1.54, 1.807) is 0 Å². The minimum Gasteiger partial charge on any atom is -0.378 e. The number of hydrogen-bond donors (Lipinski definition) is 1. The van der Waals surface area contributed by atoms with Gasteiger partial charge in [0.2, 0.25) is 0 Å². The van der Waals surface area contributed by atoms with Crippen LogP contribution in [0.3, 0.4) is 0 Å². The van der Waals surface area contributed by atoms with Crippen molar-refractivity contribution in [1.29, 1.82) is 0 Å². The predicted octanol–water partition coefficient (Wildman–Crippen LogP) is 1.15. The first-order valence-corrected chi connectivity index (χ1v) is 7.85. The molecule has 0 bridgehead atoms. The third kappa shape index (κ3) is 2.23. The predicted molar refractivity (Wildman–Crippen MR) is 84.8 cm³/mol. The fraction of sp³-hybridized carbons (Fsp3) is 0.529. The van der Waals surface area contributed by atoms with Crippen LogP contribution in [0, 0.1) is 19.3 Å². The molecule has 0 saturated carbocycles. The molecule has 0 spiro atoms. The summed E-state index contributed by atoms with van der Waals surface area (Å²) in [6.07, 6.45) is 5.72. The van der Waals surface area contributed by atoms with Crippen molar-refractivity contribution in [2.24, 2.45) is 0 Å². The Labute approximate surface area is 139 Å². The summed E-state index contributed by atoms with van der Waals surface area (Å²) in [7, 11) is 0. The van der Waals surface area contributed by atoms with Crippen molar-refractivity contribution >= 4 is 11.0 Å². The van der Waals surface area contributed by atoms with Gasteiger partial charge in [0.05, 0.1) is 5.69 Å². The molecule has 24 heavy (non-hydrogen) atoms. The van der Waals surface area contributed by atoms with E-state index in [0.29, 0.717) is 0 Å². The van der Waals surface area contributed by atoms with Crippen molar-refractivity contribution in [2.45, 2.75) is 57.2 Å². The Bertz CT molecular complexity index is 825. The van der Waals surface area contributed by atoms with E-state index in [9.17, 15) is 5.11 Å². The van der Waals surface area contributed by atoms with E-state index in [1.807, 2.05) is 37.6 Å². The highest BCUT2D eigenvalue weighted by Crippen LogP contribution is 2.44. The summed E-state index contributed by atoms with van der Waals surface area (Å²) in [5.41, 5.74) is 1.63. The summed E-state index contributed by atoms with van der Waals surface area (Å²) in [6, 6.07) is 1.94. The molecular formula is C17H19N3O4. The summed E-state index contributed by atoms with van der Waals surface area (Å²) in [6.45, 7) is 5.60. The zero-order valence-electron chi connectivity index (χ0n) is 13.7. The van der Waals surface area contributed by atoms with Crippen LogP contribution in [0.2, 0.25) is 0 Å². The van der Waals surface area contributed by atoms with E-state index in [2.05, 4.69) is 15.9 Å². The van der Waals surface area contributed by atoms with Gasteiger partial charge in [-0.15, -0.1) is 6.42 Å². The standard InChI is InChI=1S/C17H19N3O4/c1-5-11(21)12-13-14(24-17(3,4)23-13)16(22-12)20-7-6-10-9(2)18-8-19-15(10)20/h1,6-8,11-14,16,21H,2-4H3/t11?,12-,13+,14+,16+/m0/s1. The molecule has 2 aliphatic rings. The molecule has 0 aromatic carbocycles. The molecule has 7 heteroatoms. The van der Waals surface area contributed by atoms with Gasteiger partial charge in [0.15, 0.2) is 12.0 Å². The molecule has 2 aromatic heterocycles. The average Bonchev–Trinajstić information content (AvgIpc) is 3.18. The Balaban J connectivity index is 1.77. The molecule has 2 saturated heterocycles. The molecule has 2 aromatic rings. The third-order valence-corrected chi connectivity index (χ3v) is 4.53. The van der Waals surface area contributed by atoms with Crippen LogP contribution in [0.1, 0.15) is 25.8 Å². The Hall–Kier alpha value is -1.98. The maximum absolute atomic E-state index is 10.1. The summed E-state index contributed by atoms with van der Waals surface area (Å²) in [4.78, 5) is 8.57. The minimum absolute atomic E-state index is 0.390. The molecule has 126 valence electrons. The molecule has 0 aliphatic carbocycles. The fourth-order valence-corrected chi connectivity index (χ4v) is 3.48. The number of nitrogens with zero attached hydrogens (tertiary/aromatic N) is 3. The van der Waals surface area contributed by atoms with Crippen LogP contribution in [0.25, 0.3) is 11.0 Å². The van der Waals surface area contributed by atoms with Crippen LogP contribution < -0.4 is 0 Å². The second-order valence-electron chi connectivity index (χ2n) is 6.59. The number of aryl methyl sites for hydroxylation is 1. The number of fused-ring (bicyclic) bond motifs is 2. The van der Waals surface area contributed by atoms with Crippen molar-refractivity contribution in [2.75, 3.05) is 0 Å². The van der Waals surface area contributed by atoms with Crippen LogP contribution in [0.15, 0.2) is 18.6 Å². The first-order valence-electron chi connectivity index (χ1n) is 7.85. The molecule has 2 fully saturated rings. The van der Waals surface area contributed by atoms with E-state index in [4.69, 9.17) is 20.6 Å². The summed E-state index contributed by atoms with van der Waals surface area (Å²) in [5, 5.41) is 11.1. The maximum Gasteiger partial charge on any atom is 0.165 e. The van der Waals surface area contributed by atoms with Gasteiger partial charge in [-0.1, -0.05) is 5.92 Å². The molecule has 4 rings (SSSR count). The number of aliphatic hydroxyl groups excluding tert-OH is 1. The largest absolute Gasteiger partial charge is 0.378 e. The minimum atomic E-state index is -1.07. The number of terminal acetylenes is 1. The Morgan fingerprint density at radius 1 is 1.33 bits per heavy atom. The highest BCUT2D eigenvalue weighted by atomic mass is 16.8. The van der Waals surface area contributed by atoms with Gasteiger partial charge < -0.3 is 23.9 Å². The quantitative estimate of drug-likeness (QED) is 0.833. The van der Waals surface area contributed by atoms with Gasteiger partial charge in [0.25, 0.3) is 0 Å². The van der Waals surface area contributed by atoms with E-state index >= 15 is 0 Å². The second kappa shape index (κ2) is 5.26. The molecular weight excluding hydrogens is 310 g/mol. The number of hydrogen-bond acceptors (Lipinski definition) is 6. The smallest absolute Gasteiger partial charge is 0.165 e. The van der Waals surface area contributed by atoms with Crippen molar-refractivity contribution in [3.8, 4) is 12.3 Å². The van der Waals surface area contributed by atoms with E-state index < -0.39 is 30.3 Å².